The number of ether oxygens (including phenoxy) is 1. The van der Waals surface area contributed by atoms with Gasteiger partial charge in [0.05, 0.1) is 12.1 Å². The third-order valence-corrected chi connectivity index (χ3v) is 7.48. The van der Waals surface area contributed by atoms with Crippen LogP contribution in [0.3, 0.4) is 0 Å². The second kappa shape index (κ2) is 10.1. The summed E-state index contributed by atoms with van der Waals surface area (Å²) in [5.41, 5.74) is 3.16. The molecule has 200 valence electrons. The fourth-order valence-electron chi connectivity index (χ4n) is 5.20. The monoisotopic (exact) mass is 525 g/mol. The zero-order chi connectivity index (χ0) is 27.1. The quantitative estimate of drug-likeness (QED) is 0.188. The van der Waals surface area contributed by atoms with Crippen molar-refractivity contribution in [2.24, 2.45) is 0 Å². The Labute approximate surface area is 225 Å². The second-order valence-electron chi connectivity index (χ2n) is 10.5. The van der Waals surface area contributed by atoms with Crippen LogP contribution in [0, 0.1) is 10.8 Å². The van der Waals surface area contributed by atoms with Crippen molar-refractivity contribution in [3.8, 4) is 11.6 Å². The molecule has 0 saturated heterocycles. The highest BCUT2D eigenvalue weighted by atomic mass is 16.5. The first-order valence-corrected chi connectivity index (χ1v) is 13.6. The van der Waals surface area contributed by atoms with Gasteiger partial charge in [-0.3, -0.25) is 20.2 Å². The average Bonchev–Trinajstić information content (AvgIpc) is 3.85. The minimum atomic E-state index is -0.739. The van der Waals surface area contributed by atoms with Crippen LogP contribution in [-0.2, 0) is 17.6 Å². The number of aryl methyl sites for hydroxylation is 1. The maximum absolute atomic E-state index is 13.2. The van der Waals surface area contributed by atoms with Crippen LogP contribution >= 0.6 is 0 Å². The highest BCUT2D eigenvalue weighted by Crippen LogP contribution is 2.49. The number of hydrogen-bond donors (Lipinski definition) is 3. The van der Waals surface area contributed by atoms with Gasteiger partial charge in [0.25, 0.3) is 5.56 Å². The van der Waals surface area contributed by atoms with Gasteiger partial charge in [-0.25, -0.2) is 0 Å². The molecule has 0 spiro atoms. The zero-order valence-corrected chi connectivity index (χ0v) is 21.9. The Bertz CT molecular complexity index is 1610. The molecule has 0 aliphatic heterocycles. The Kier molecular flexibility index (Phi) is 6.50. The van der Waals surface area contributed by atoms with E-state index in [1.54, 1.807) is 10.6 Å². The number of para-hydroxylation sites is 2. The summed E-state index contributed by atoms with van der Waals surface area (Å²) in [7, 11) is 0. The molecule has 0 unspecified atom stereocenters. The third-order valence-electron chi connectivity index (χ3n) is 7.48. The Morgan fingerprint density at radius 1 is 1.08 bits per heavy atom. The number of nitrogens with zero attached hydrogens (tertiary/aromatic N) is 3. The van der Waals surface area contributed by atoms with Gasteiger partial charge in [0.15, 0.2) is 17.0 Å². The van der Waals surface area contributed by atoms with Crippen molar-refractivity contribution in [1.29, 1.82) is 10.8 Å². The van der Waals surface area contributed by atoms with Crippen molar-refractivity contribution in [3.05, 3.63) is 81.0 Å². The SMILES string of the molecule is CCCCc1nc(=O)c(C(=N)OC(=N)Cc2noc3ccccc23)c(O)n1-c1c(C2CC2)cccc1C1CC1. The van der Waals surface area contributed by atoms with Gasteiger partial charge in [0.1, 0.15) is 11.5 Å². The normalized spacial score (nSPS) is 15.0. The van der Waals surface area contributed by atoms with E-state index < -0.39 is 11.5 Å². The number of hydrogen-bond acceptors (Lipinski definition) is 8. The molecule has 0 atom stereocenters. The van der Waals surface area contributed by atoms with Crippen LogP contribution in [0.2, 0.25) is 0 Å². The first kappa shape index (κ1) is 25.0. The summed E-state index contributed by atoms with van der Waals surface area (Å²) in [6.45, 7) is 2.07. The fourth-order valence-corrected chi connectivity index (χ4v) is 5.20. The molecule has 2 saturated carbocycles. The molecule has 2 aliphatic rings. The highest BCUT2D eigenvalue weighted by Gasteiger charge is 2.35. The van der Waals surface area contributed by atoms with Gasteiger partial charge in [-0.2, -0.15) is 4.98 Å². The highest BCUT2D eigenvalue weighted by molar-refractivity contribution is 6.01. The molecule has 2 heterocycles. The molecule has 0 amide bonds. The molecular weight excluding hydrogens is 494 g/mol. The summed E-state index contributed by atoms with van der Waals surface area (Å²) in [6, 6.07) is 13.5. The van der Waals surface area contributed by atoms with Crippen molar-refractivity contribution < 1.29 is 14.4 Å². The lowest BCUT2D eigenvalue weighted by Crippen LogP contribution is -2.28. The van der Waals surface area contributed by atoms with Crippen LogP contribution in [0.15, 0.2) is 51.8 Å². The predicted octanol–water partition coefficient (Wildman–Crippen LogP) is 5.74. The summed E-state index contributed by atoms with van der Waals surface area (Å²) in [6.07, 6.45) is 6.53. The lowest BCUT2D eigenvalue weighted by atomic mass is 9.99. The lowest BCUT2D eigenvalue weighted by Gasteiger charge is -2.22. The van der Waals surface area contributed by atoms with E-state index in [0.29, 0.717) is 35.4 Å². The molecule has 0 radical (unpaired) electrons. The summed E-state index contributed by atoms with van der Waals surface area (Å²) in [5.74, 6) is 0.0187. The minimum absolute atomic E-state index is 0.0350. The Hall–Kier alpha value is -4.27. The van der Waals surface area contributed by atoms with Gasteiger partial charge in [-0.05, 0) is 67.2 Å². The number of unbranched alkanes of at least 4 members (excludes halogenated alkanes) is 1. The molecular formula is C30H31N5O4. The van der Waals surface area contributed by atoms with Gasteiger partial charge in [0.2, 0.25) is 11.8 Å². The Morgan fingerprint density at radius 2 is 1.77 bits per heavy atom. The topological polar surface area (TPSA) is 138 Å². The summed E-state index contributed by atoms with van der Waals surface area (Å²) in [4.78, 5) is 17.5. The van der Waals surface area contributed by atoms with Crippen molar-refractivity contribution >= 4 is 22.8 Å². The summed E-state index contributed by atoms with van der Waals surface area (Å²) in [5, 5.41) is 33.3. The number of aromatic nitrogens is 3. The predicted molar refractivity (Wildman–Crippen MR) is 147 cm³/mol. The van der Waals surface area contributed by atoms with Crippen LogP contribution in [0.5, 0.6) is 5.88 Å². The van der Waals surface area contributed by atoms with Crippen LogP contribution < -0.4 is 5.56 Å². The maximum atomic E-state index is 13.2. The van der Waals surface area contributed by atoms with E-state index >= 15 is 0 Å². The lowest BCUT2D eigenvalue weighted by molar-refractivity contribution is 0.420. The van der Waals surface area contributed by atoms with E-state index in [1.165, 1.54) is 0 Å². The van der Waals surface area contributed by atoms with Crippen LogP contribution in [-0.4, -0.2) is 31.6 Å². The molecule has 2 aromatic carbocycles. The molecule has 4 aromatic rings. The average molecular weight is 526 g/mol. The van der Waals surface area contributed by atoms with Gasteiger partial charge < -0.3 is 14.4 Å². The molecule has 2 fully saturated rings. The van der Waals surface area contributed by atoms with E-state index in [4.69, 9.17) is 20.1 Å². The molecule has 9 heteroatoms. The van der Waals surface area contributed by atoms with E-state index in [1.807, 2.05) is 18.2 Å². The molecule has 6 rings (SSSR count). The minimum Gasteiger partial charge on any atom is -0.493 e. The molecule has 39 heavy (non-hydrogen) atoms. The van der Waals surface area contributed by atoms with E-state index in [9.17, 15) is 9.90 Å². The van der Waals surface area contributed by atoms with Gasteiger partial charge in [-0.15, -0.1) is 0 Å². The standard InChI is InChI=1S/C30H31N5O4/c1-2-3-11-25-33-29(36)26(28(32)38-24(31)16-22-21-7-4-5-10-23(21)39-34-22)30(37)35(25)27-19(17-12-13-17)8-6-9-20(27)18-14-15-18/h4-10,17-18,31-32,37H,2-3,11-16H2,1H3. The second-order valence-corrected chi connectivity index (χ2v) is 10.5. The van der Waals surface area contributed by atoms with Crippen LogP contribution in [0.1, 0.15) is 85.5 Å². The number of nitrogens with one attached hydrogen (secondary N) is 2. The maximum Gasteiger partial charge on any atom is 0.289 e. The van der Waals surface area contributed by atoms with Gasteiger partial charge in [-0.1, -0.05) is 48.8 Å². The van der Waals surface area contributed by atoms with Crippen LogP contribution in [0.4, 0.5) is 0 Å². The first-order valence-electron chi connectivity index (χ1n) is 13.6. The van der Waals surface area contributed by atoms with E-state index in [0.717, 1.165) is 60.7 Å². The zero-order valence-electron chi connectivity index (χ0n) is 21.9. The number of aromatic hydroxyl groups is 1. The van der Waals surface area contributed by atoms with Crippen molar-refractivity contribution in [1.82, 2.24) is 14.7 Å². The Balaban J connectivity index is 1.39. The molecule has 2 aromatic heterocycles. The fraction of sp³-hybridized carbons (Fsp3) is 0.367. The summed E-state index contributed by atoms with van der Waals surface area (Å²) < 4.78 is 12.5. The molecule has 0 bridgehead atoms. The third kappa shape index (κ3) is 4.84. The van der Waals surface area contributed by atoms with E-state index in [2.05, 4.69) is 35.3 Å². The van der Waals surface area contributed by atoms with Crippen molar-refractivity contribution in [3.63, 3.8) is 0 Å². The molecule has 9 nitrogen and oxygen atoms in total. The smallest absolute Gasteiger partial charge is 0.289 e. The van der Waals surface area contributed by atoms with E-state index in [-0.39, 0.29) is 23.8 Å². The first-order chi connectivity index (χ1) is 19.0. The molecule has 3 N–H and O–H groups in total. The van der Waals surface area contributed by atoms with Crippen molar-refractivity contribution in [2.75, 3.05) is 0 Å². The number of fused-ring (bicyclic) bond motifs is 1. The molecule has 2 aliphatic carbocycles. The van der Waals surface area contributed by atoms with Gasteiger partial charge >= 0.3 is 0 Å². The van der Waals surface area contributed by atoms with Gasteiger partial charge in [0, 0.05) is 11.8 Å². The summed E-state index contributed by atoms with van der Waals surface area (Å²) >= 11 is 0. The number of benzene rings is 2. The number of rotatable bonds is 9. The largest absolute Gasteiger partial charge is 0.493 e. The van der Waals surface area contributed by atoms with Crippen LogP contribution in [0.25, 0.3) is 16.7 Å². The Morgan fingerprint density at radius 3 is 2.44 bits per heavy atom. The van der Waals surface area contributed by atoms with Crippen molar-refractivity contribution in [2.45, 2.75) is 70.1 Å².